The van der Waals surface area contributed by atoms with E-state index in [0.717, 1.165) is 39.7 Å². The van der Waals surface area contributed by atoms with Gasteiger partial charge in [0.25, 0.3) is 0 Å². The third kappa shape index (κ3) is 5.28. The molecule has 5 heteroatoms. The van der Waals surface area contributed by atoms with E-state index in [4.69, 9.17) is 9.97 Å². The maximum absolute atomic E-state index is 5.61. The van der Waals surface area contributed by atoms with Crippen LogP contribution in [0.3, 0.4) is 0 Å². The Hall–Kier alpha value is -7.80. The van der Waals surface area contributed by atoms with Crippen molar-refractivity contribution in [1.29, 1.82) is 0 Å². The molecule has 0 fully saturated rings. The van der Waals surface area contributed by atoms with Gasteiger partial charge in [-0.1, -0.05) is 6.07 Å². The molecule has 12 aromatic rings. The normalized spacial score (nSPS) is 12.9. The van der Waals surface area contributed by atoms with E-state index >= 15 is 0 Å². The molecular weight excluding hydrogens is 825 g/mol. The zero-order valence-corrected chi connectivity index (χ0v) is 36.3. The minimum absolute atomic E-state index is 0.739. The first-order valence-corrected chi connectivity index (χ1v) is 25.8. The van der Waals surface area contributed by atoms with Crippen LogP contribution in [-0.2, 0) is 0 Å². The second kappa shape index (κ2) is 14.1. The second-order valence-corrected chi connectivity index (χ2v) is 24.2. The molecule has 294 valence electrons. The molecule has 0 unspecified atom stereocenters. The zero-order valence-electron chi connectivity index (χ0n) is 34.2. The van der Waals surface area contributed by atoms with Crippen LogP contribution in [0.5, 0.6) is 0 Å². The average molecular weight is 864 g/mol. The Kier molecular flexibility index (Phi) is 8.05. The Balaban J connectivity index is 1.15. The van der Waals surface area contributed by atoms with Crippen LogP contribution in [0.4, 0.5) is 0 Å². The van der Waals surface area contributed by atoms with Gasteiger partial charge in [0.2, 0.25) is 0 Å². The van der Waals surface area contributed by atoms with Crippen LogP contribution in [0.1, 0.15) is 0 Å². The number of aromatic nitrogens is 4. The third-order valence-corrected chi connectivity index (χ3v) is 23.3. The fraction of sp³-hybridized carbons (Fsp3) is 0. The molecule has 63 heavy (non-hydrogen) atoms. The number of hydrogen-bond donors (Lipinski definition) is 0. The summed E-state index contributed by atoms with van der Waals surface area (Å²) in [6.45, 7) is 0. The van der Waals surface area contributed by atoms with Crippen LogP contribution in [0.15, 0.2) is 231 Å². The summed E-state index contributed by atoms with van der Waals surface area (Å²) in [7, 11) is 0. The molecule has 0 spiro atoms. The van der Waals surface area contributed by atoms with Crippen molar-refractivity contribution in [3.63, 3.8) is 0 Å². The van der Waals surface area contributed by atoms with Crippen molar-refractivity contribution in [2.24, 2.45) is 0 Å². The standard InChI is InChI=1S/C58H38GeN4/c1-6-20-39(21-7-1)56-55-57(61-58(60-56)40-22-8-2-9-23-40)47-35-34-44(36-50(47)59(55,41-24-10-3-11-25-41)42-26-12-4-13-27-42)63-52-33-19-17-31-46(52)49-37-53-48(38-54(49)63)45-30-16-18-32-51(45)62(53)43-28-14-5-15-29-43/h1-38H. The van der Waals surface area contributed by atoms with E-state index in [1.165, 1.54) is 66.8 Å². The van der Waals surface area contributed by atoms with E-state index in [9.17, 15) is 0 Å². The Bertz CT molecular complexity index is 3670. The van der Waals surface area contributed by atoms with E-state index in [1.807, 2.05) is 0 Å². The summed E-state index contributed by atoms with van der Waals surface area (Å²) in [5.41, 5.74) is 12.4. The van der Waals surface area contributed by atoms with Crippen molar-refractivity contribution in [3.05, 3.63) is 231 Å². The van der Waals surface area contributed by atoms with E-state index in [1.54, 1.807) is 0 Å². The predicted octanol–water partition coefficient (Wildman–Crippen LogP) is 11.4. The number of hydrogen-bond acceptors (Lipinski definition) is 2. The first kappa shape index (κ1) is 35.9. The first-order valence-electron chi connectivity index (χ1n) is 21.6. The Labute approximate surface area is 367 Å². The third-order valence-electron chi connectivity index (χ3n) is 13.2. The summed E-state index contributed by atoms with van der Waals surface area (Å²) in [5.74, 6) is 0.739. The van der Waals surface area contributed by atoms with Gasteiger partial charge in [0.15, 0.2) is 0 Å². The Morgan fingerprint density at radius 3 is 1.37 bits per heavy atom. The van der Waals surface area contributed by atoms with Crippen LogP contribution in [0.2, 0.25) is 0 Å². The van der Waals surface area contributed by atoms with Crippen LogP contribution in [-0.4, -0.2) is 32.4 Å². The van der Waals surface area contributed by atoms with Crippen molar-refractivity contribution in [2.45, 2.75) is 0 Å². The fourth-order valence-electron chi connectivity index (χ4n) is 10.6. The van der Waals surface area contributed by atoms with Gasteiger partial charge in [-0.15, -0.1) is 0 Å². The minimum atomic E-state index is -3.94. The summed E-state index contributed by atoms with van der Waals surface area (Å²) in [6, 6.07) is 84.2. The van der Waals surface area contributed by atoms with E-state index in [2.05, 4.69) is 240 Å². The topological polar surface area (TPSA) is 35.6 Å². The van der Waals surface area contributed by atoms with Gasteiger partial charge in [0.1, 0.15) is 0 Å². The summed E-state index contributed by atoms with van der Waals surface area (Å²) >= 11 is -3.94. The summed E-state index contributed by atoms with van der Waals surface area (Å²) in [5, 5.41) is 4.93. The number of rotatable bonds is 6. The molecule has 13 rings (SSSR count). The van der Waals surface area contributed by atoms with Gasteiger partial charge < -0.3 is 0 Å². The van der Waals surface area contributed by atoms with Gasteiger partial charge in [-0.05, 0) is 0 Å². The number of fused-ring (bicyclic) bond motifs is 9. The molecular formula is C58H38GeN4. The quantitative estimate of drug-likeness (QED) is 0.156. The molecule has 1 aliphatic rings. The number of nitrogens with zero attached hydrogens (tertiary/aromatic N) is 4. The van der Waals surface area contributed by atoms with Gasteiger partial charge in [-0.2, -0.15) is 0 Å². The number of para-hydroxylation sites is 3. The monoisotopic (exact) mass is 864 g/mol. The molecule has 4 nitrogen and oxygen atoms in total. The molecule has 0 radical (unpaired) electrons. The van der Waals surface area contributed by atoms with E-state index in [0.29, 0.717) is 0 Å². The Morgan fingerprint density at radius 1 is 0.333 bits per heavy atom. The first-order chi connectivity index (χ1) is 31.3. The van der Waals surface area contributed by atoms with Crippen LogP contribution >= 0.6 is 0 Å². The molecule has 0 amide bonds. The molecule has 1 aliphatic heterocycles. The molecule has 3 aromatic heterocycles. The molecule has 4 heterocycles. The molecule has 0 saturated carbocycles. The van der Waals surface area contributed by atoms with Crippen molar-refractivity contribution in [1.82, 2.24) is 19.1 Å². The fourth-order valence-corrected chi connectivity index (χ4v) is 21.6. The van der Waals surface area contributed by atoms with Crippen molar-refractivity contribution in [3.8, 4) is 45.3 Å². The average Bonchev–Trinajstić information content (AvgIpc) is 3.97. The molecule has 0 atom stereocenters. The van der Waals surface area contributed by atoms with Gasteiger partial charge in [0.05, 0.1) is 0 Å². The predicted molar refractivity (Wildman–Crippen MR) is 264 cm³/mol. The molecule has 0 bridgehead atoms. The molecule has 0 aliphatic carbocycles. The zero-order chi connectivity index (χ0) is 41.5. The van der Waals surface area contributed by atoms with Crippen LogP contribution in [0, 0.1) is 0 Å². The maximum atomic E-state index is 5.61. The van der Waals surface area contributed by atoms with Gasteiger partial charge in [-0.25, -0.2) is 0 Å². The molecule has 0 N–H and O–H groups in total. The molecule has 0 saturated heterocycles. The van der Waals surface area contributed by atoms with Crippen molar-refractivity contribution >= 4 is 74.5 Å². The SMILES string of the molecule is c1ccc(-c2nc(-c3ccccc3)[c]3c(n2)-c2ccc(-n4c5ccccc5c5cc6c(cc54)c4ccccc4n6-c4ccccc4)c[c]2[Ge]3([c]2ccccc2)[c]2ccccc2)cc1. The Morgan fingerprint density at radius 2 is 0.794 bits per heavy atom. The van der Waals surface area contributed by atoms with Gasteiger partial charge in [0, 0.05) is 0 Å². The second-order valence-electron chi connectivity index (χ2n) is 16.5. The summed E-state index contributed by atoms with van der Waals surface area (Å²) in [4.78, 5) is 11.2. The van der Waals surface area contributed by atoms with Gasteiger partial charge >= 0.3 is 363 Å². The van der Waals surface area contributed by atoms with Crippen LogP contribution < -0.4 is 17.6 Å². The van der Waals surface area contributed by atoms with Crippen molar-refractivity contribution < 1.29 is 0 Å². The van der Waals surface area contributed by atoms with Crippen LogP contribution in [0.25, 0.3) is 88.9 Å². The van der Waals surface area contributed by atoms with Gasteiger partial charge in [-0.3, -0.25) is 0 Å². The summed E-state index contributed by atoms with van der Waals surface area (Å²) < 4.78 is 10.3. The number of benzene rings is 9. The summed E-state index contributed by atoms with van der Waals surface area (Å²) in [6.07, 6.45) is 0. The van der Waals surface area contributed by atoms with Crippen molar-refractivity contribution in [2.75, 3.05) is 0 Å². The molecule has 9 aromatic carbocycles. The van der Waals surface area contributed by atoms with E-state index < -0.39 is 13.3 Å². The van der Waals surface area contributed by atoms with E-state index in [-0.39, 0.29) is 0 Å².